The van der Waals surface area contributed by atoms with Crippen LogP contribution in [0.25, 0.3) is 10.8 Å². The summed E-state index contributed by atoms with van der Waals surface area (Å²) >= 11 is -0.0770. The van der Waals surface area contributed by atoms with Crippen molar-refractivity contribution in [2.75, 3.05) is 0 Å². The molecule has 0 amide bonds. The van der Waals surface area contributed by atoms with Crippen LogP contribution in [0, 0.1) is 0 Å². The molecule has 30 heavy (non-hydrogen) atoms. The Kier molecular flexibility index (Phi) is 5.55. The van der Waals surface area contributed by atoms with Gasteiger partial charge < -0.3 is 0 Å². The summed E-state index contributed by atoms with van der Waals surface area (Å²) in [6.45, 7) is 6.87. The summed E-state index contributed by atoms with van der Waals surface area (Å²) in [5.74, 6) is 0. The fourth-order valence-corrected chi connectivity index (χ4v) is 9.53. The molecule has 0 nitrogen and oxygen atoms in total. The van der Waals surface area contributed by atoms with Gasteiger partial charge in [-0.15, -0.1) is 0 Å². The van der Waals surface area contributed by atoms with Crippen LogP contribution in [-0.2, 0) is 18.3 Å². The van der Waals surface area contributed by atoms with Crippen molar-refractivity contribution in [3.63, 3.8) is 0 Å². The van der Waals surface area contributed by atoms with Crippen molar-refractivity contribution < 1.29 is 0 Å². The van der Waals surface area contributed by atoms with Crippen LogP contribution in [0.1, 0.15) is 37.5 Å². The van der Waals surface area contributed by atoms with Gasteiger partial charge in [0, 0.05) is 0 Å². The second kappa shape index (κ2) is 8.18. The van der Waals surface area contributed by atoms with Gasteiger partial charge in [0.15, 0.2) is 0 Å². The van der Waals surface area contributed by atoms with E-state index in [9.17, 15) is 0 Å². The Balaban J connectivity index is 1.58. The summed E-state index contributed by atoms with van der Waals surface area (Å²) in [6.07, 6.45) is 2.41. The van der Waals surface area contributed by atoms with E-state index < -0.39 is 20.9 Å². The van der Waals surface area contributed by atoms with Gasteiger partial charge in [-0.2, -0.15) is 0 Å². The van der Waals surface area contributed by atoms with E-state index in [1.54, 1.807) is 30.0 Å². The molecule has 0 unspecified atom stereocenters. The maximum atomic E-state index is 2.46. The summed E-state index contributed by atoms with van der Waals surface area (Å²) in [6, 6.07) is 30.2. The average Bonchev–Trinajstić information content (AvgIpc) is 3.16. The second-order valence-corrected chi connectivity index (χ2v) is 14.5. The zero-order valence-corrected chi connectivity index (χ0v) is 21.8. The van der Waals surface area contributed by atoms with E-state index in [2.05, 4.69) is 99.6 Å². The third-order valence-corrected chi connectivity index (χ3v) is 11.1. The van der Waals surface area contributed by atoms with E-state index >= 15 is 0 Å². The van der Waals surface area contributed by atoms with E-state index in [1.807, 2.05) is 0 Å². The molecule has 0 heterocycles. The summed E-state index contributed by atoms with van der Waals surface area (Å²) in [4.78, 5) is 0. The van der Waals surface area contributed by atoms with E-state index in [0.29, 0.717) is 15.0 Å². The van der Waals surface area contributed by atoms with E-state index in [-0.39, 0.29) is 5.41 Å². The molecule has 0 atom stereocenters. The van der Waals surface area contributed by atoms with Gasteiger partial charge in [-0.05, 0) is 0 Å². The molecule has 0 aliphatic heterocycles. The van der Waals surface area contributed by atoms with Crippen LogP contribution in [0.5, 0.6) is 0 Å². The minimum absolute atomic E-state index is 0.215. The van der Waals surface area contributed by atoms with Crippen molar-refractivity contribution in [2.45, 2.75) is 39.0 Å². The molecule has 0 bridgehead atoms. The van der Waals surface area contributed by atoms with Gasteiger partial charge in [-0.25, -0.2) is 0 Å². The fraction of sp³-hybridized carbons (Fsp3) is 0.214. The van der Waals surface area contributed by atoms with Crippen molar-refractivity contribution in [2.24, 2.45) is 0 Å². The second-order valence-electron chi connectivity index (χ2n) is 8.99. The van der Waals surface area contributed by atoms with E-state index in [1.165, 1.54) is 26.5 Å². The van der Waals surface area contributed by atoms with Crippen LogP contribution in [0.15, 0.2) is 78.9 Å². The summed E-state index contributed by atoms with van der Waals surface area (Å²) in [7, 11) is 0. The number of hydrogen-bond acceptors (Lipinski definition) is 0. The molecule has 2 heteroatoms. The molecule has 0 saturated carbocycles. The van der Waals surface area contributed by atoms with Crippen LogP contribution >= 0.6 is 0 Å². The van der Waals surface area contributed by atoms with Crippen LogP contribution in [0.4, 0.5) is 0 Å². The molecular weight excluding hydrogens is 543 g/mol. The summed E-state index contributed by atoms with van der Waals surface area (Å²) < 4.78 is 6.16. The van der Waals surface area contributed by atoms with Crippen LogP contribution in [0.3, 0.4) is 0 Å². The molecule has 0 aromatic heterocycles. The topological polar surface area (TPSA) is 0 Å². The van der Waals surface area contributed by atoms with Crippen molar-refractivity contribution in [3.8, 4) is 0 Å². The molecule has 4 aromatic carbocycles. The average molecular weight is 569 g/mol. The standard InChI is InChI=1S/C28H26SeTe/c1-28(2,3)21-13-15-23(16-14-21)30-25-18-12-20-10-9-19-11-17-24(27(25)26(19)20)29-22-7-5-4-6-8-22/h4-8,11-18H,9-10H2,1-3H3. The zero-order chi connectivity index (χ0) is 20.7. The van der Waals surface area contributed by atoms with Gasteiger partial charge in [0.2, 0.25) is 0 Å². The van der Waals surface area contributed by atoms with E-state index in [0.717, 1.165) is 0 Å². The monoisotopic (exact) mass is 572 g/mol. The SMILES string of the molecule is CC(C)(C)c1ccc([Te]c2ccc3c4c(ccc([Se]c5ccccc5)c24)CC3)cc1. The Morgan fingerprint density at radius 2 is 1.37 bits per heavy atom. The normalized spacial score (nSPS) is 13.2. The molecule has 0 fully saturated rings. The summed E-state index contributed by atoms with van der Waals surface area (Å²) in [5.41, 5.74) is 4.76. The first-order valence-corrected chi connectivity index (χ1v) is 14.6. The molecule has 0 N–H and O–H groups in total. The van der Waals surface area contributed by atoms with Gasteiger partial charge in [0.1, 0.15) is 0 Å². The molecule has 1 aliphatic carbocycles. The molecule has 0 radical (unpaired) electrons. The molecule has 1 aliphatic rings. The Bertz CT molecular complexity index is 1190. The number of benzene rings is 4. The number of rotatable bonds is 4. The number of hydrogen-bond donors (Lipinski definition) is 0. The molecule has 4 aromatic rings. The molecule has 5 rings (SSSR count). The molecule has 150 valence electrons. The van der Waals surface area contributed by atoms with Gasteiger partial charge in [-0.3, -0.25) is 0 Å². The third-order valence-electron chi connectivity index (χ3n) is 5.84. The first-order valence-electron chi connectivity index (χ1n) is 10.6. The van der Waals surface area contributed by atoms with Gasteiger partial charge in [-0.1, -0.05) is 0 Å². The van der Waals surface area contributed by atoms with Gasteiger partial charge in [0.25, 0.3) is 0 Å². The van der Waals surface area contributed by atoms with Crippen LogP contribution in [0.2, 0.25) is 0 Å². The zero-order valence-electron chi connectivity index (χ0n) is 17.7. The Labute approximate surface area is 196 Å². The van der Waals surface area contributed by atoms with Crippen molar-refractivity contribution in [3.05, 3.63) is 95.6 Å². The van der Waals surface area contributed by atoms with Gasteiger partial charge >= 0.3 is 197 Å². The van der Waals surface area contributed by atoms with Crippen molar-refractivity contribution in [1.82, 2.24) is 0 Å². The molecule has 0 saturated heterocycles. The quantitative estimate of drug-likeness (QED) is 0.331. The van der Waals surface area contributed by atoms with Crippen LogP contribution < -0.4 is 16.1 Å². The maximum absolute atomic E-state index is 2.46. The Hall–Kier alpha value is -1.55. The summed E-state index contributed by atoms with van der Waals surface area (Å²) in [5, 5.41) is 3.17. The third kappa shape index (κ3) is 4.00. The Morgan fingerprint density at radius 3 is 2.03 bits per heavy atom. The molecule has 0 spiro atoms. The Morgan fingerprint density at radius 1 is 0.700 bits per heavy atom. The van der Waals surface area contributed by atoms with Crippen LogP contribution in [-0.4, -0.2) is 35.9 Å². The van der Waals surface area contributed by atoms with E-state index in [4.69, 9.17) is 0 Å². The minimum atomic E-state index is -0.423. The van der Waals surface area contributed by atoms with Crippen molar-refractivity contribution >= 4 is 62.8 Å². The predicted octanol–water partition coefficient (Wildman–Crippen LogP) is 3.55. The van der Waals surface area contributed by atoms with Crippen molar-refractivity contribution in [1.29, 1.82) is 0 Å². The fourth-order valence-electron chi connectivity index (χ4n) is 4.20. The predicted molar refractivity (Wildman–Crippen MR) is 133 cm³/mol. The first-order chi connectivity index (χ1) is 14.5. The first kappa shape index (κ1) is 20.4. The molecular formula is C28H26SeTe. The van der Waals surface area contributed by atoms with Gasteiger partial charge in [0.05, 0.1) is 0 Å². The number of aryl methyl sites for hydroxylation is 2.